The van der Waals surface area contributed by atoms with Gasteiger partial charge in [0.15, 0.2) is 0 Å². The van der Waals surface area contributed by atoms with E-state index < -0.39 is 0 Å². The van der Waals surface area contributed by atoms with Crippen molar-refractivity contribution in [1.82, 2.24) is 4.98 Å². The summed E-state index contributed by atoms with van der Waals surface area (Å²) in [6.07, 6.45) is 0. The number of anilines is 3. The number of pyridine rings is 1. The van der Waals surface area contributed by atoms with Crippen molar-refractivity contribution in [3.8, 4) is 0 Å². The van der Waals surface area contributed by atoms with Gasteiger partial charge in [-0.3, -0.25) is 0 Å². The molecule has 1 N–H and O–H groups in total. The largest absolute Gasteiger partial charge is 0.378 e. The monoisotopic (exact) mass is 263 g/mol. The first kappa shape index (κ1) is 12.5. The van der Waals surface area contributed by atoms with Crippen molar-refractivity contribution in [1.29, 1.82) is 0 Å². The summed E-state index contributed by atoms with van der Waals surface area (Å²) in [6.45, 7) is 0. The van der Waals surface area contributed by atoms with Gasteiger partial charge in [0.1, 0.15) is 5.82 Å². The van der Waals surface area contributed by atoms with Crippen LogP contribution in [0.2, 0.25) is 0 Å². The first-order chi connectivity index (χ1) is 9.72. The molecule has 2 aromatic carbocycles. The van der Waals surface area contributed by atoms with Gasteiger partial charge in [-0.05, 0) is 36.4 Å². The fourth-order valence-corrected chi connectivity index (χ4v) is 2.15. The topological polar surface area (TPSA) is 28.2 Å². The molecule has 3 nitrogen and oxygen atoms in total. The van der Waals surface area contributed by atoms with Gasteiger partial charge in [0.25, 0.3) is 0 Å². The highest BCUT2D eigenvalue weighted by atomic mass is 15.1. The molecule has 1 aromatic heterocycles. The van der Waals surface area contributed by atoms with E-state index in [4.69, 9.17) is 0 Å². The SMILES string of the molecule is CN(C)c1cccc(Nc2ccc3ccccc3n2)c1. The number of aromatic nitrogens is 1. The lowest BCUT2D eigenvalue weighted by Crippen LogP contribution is -2.08. The van der Waals surface area contributed by atoms with Crippen molar-refractivity contribution < 1.29 is 0 Å². The maximum atomic E-state index is 4.62. The highest BCUT2D eigenvalue weighted by Gasteiger charge is 2.00. The summed E-state index contributed by atoms with van der Waals surface area (Å²) in [5.74, 6) is 0.861. The molecule has 0 unspecified atom stereocenters. The smallest absolute Gasteiger partial charge is 0.131 e. The Kier molecular flexibility index (Phi) is 3.25. The average molecular weight is 263 g/mol. The van der Waals surface area contributed by atoms with Gasteiger partial charge in [-0.1, -0.05) is 24.3 Å². The quantitative estimate of drug-likeness (QED) is 0.773. The maximum Gasteiger partial charge on any atom is 0.131 e. The van der Waals surface area contributed by atoms with E-state index in [0.29, 0.717) is 0 Å². The molecule has 0 spiro atoms. The van der Waals surface area contributed by atoms with Crippen molar-refractivity contribution in [2.75, 3.05) is 24.3 Å². The Balaban J connectivity index is 1.90. The van der Waals surface area contributed by atoms with E-state index in [1.54, 1.807) is 0 Å². The van der Waals surface area contributed by atoms with Crippen LogP contribution in [0.25, 0.3) is 10.9 Å². The average Bonchev–Trinajstić information content (AvgIpc) is 2.47. The Morgan fingerprint density at radius 1 is 0.900 bits per heavy atom. The molecule has 1 heterocycles. The first-order valence-corrected chi connectivity index (χ1v) is 6.62. The van der Waals surface area contributed by atoms with E-state index in [1.807, 2.05) is 50.5 Å². The van der Waals surface area contributed by atoms with E-state index in [9.17, 15) is 0 Å². The van der Waals surface area contributed by atoms with Crippen LogP contribution in [-0.4, -0.2) is 19.1 Å². The van der Waals surface area contributed by atoms with Gasteiger partial charge >= 0.3 is 0 Å². The molecule has 3 aromatic rings. The molecule has 0 fully saturated rings. The molecule has 3 heteroatoms. The summed E-state index contributed by atoms with van der Waals surface area (Å²) in [5, 5.41) is 4.51. The van der Waals surface area contributed by atoms with Crippen LogP contribution in [-0.2, 0) is 0 Å². The van der Waals surface area contributed by atoms with Crippen molar-refractivity contribution >= 4 is 28.1 Å². The number of para-hydroxylation sites is 1. The van der Waals surface area contributed by atoms with Crippen molar-refractivity contribution in [3.05, 3.63) is 60.7 Å². The standard InChI is InChI=1S/C17H17N3/c1-20(2)15-8-5-7-14(12-15)18-17-11-10-13-6-3-4-9-16(13)19-17/h3-12H,1-2H3,(H,18,19). The Labute approximate surface area is 118 Å². The lowest BCUT2D eigenvalue weighted by atomic mass is 10.2. The van der Waals surface area contributed by atoms with E-state index in [-0.39, 0.29) is 0 Å². The summed E-state index contributed by atoms with van der Waals surface area (Å²) in [5.41, 5.74) is 3.20. The molecule has 100 valence electrons. The molecule has 0 aliphatic rings. The Morgan fingerprint density at radius 3 is 2.60 bits per heavy atom. The Morgan fingerprint density at radius 2 is 1.75 bits per heavy atom. The molecular weight excluding hydrogens is 246 g/mol. The van der Waals surface area contributed by atoms with Crippen LogP contribution in [0.5, 0.6) is 0 Å². The molecular formula is C17H17N3. The van der Waals surface area contributed by atoms with Gasteiger partial charge in [0.2, 0.25) is 0 Å². The van der Waals surface area contributed by atoms with Crippen LogP contribution in [0.4, 0.5) is 17.2 Å². The third-order valence-electron chi connectivity index (χ3n) is 3.23. The number of fused-ring (bicyclic) bond motifs is 1. The second kappa shape index (κ2) is 5.21. The van der Waals surface area contributed by atoms with E-state index >= 15 is 0 Å². The van der Waals surface area contributed by atoms with Crippen LogP contribution in [0.1, 0.15) is 0 Å². The fraction of sp³-hybridized carbons (Fsp3) is 0.118. The number of hydrogen-bond acceptors (Lipinski definition) is 3. The van der Waals surface area contributed by atoms with Crippen LogP contribution in [0.3, 0.4) is 0 Å². The number of benzene rings is 2. The molecule has 0 saturated carbocycles. The van der Waals surface area contributed by atoms with E-state index in [2.05, 4.69) is 39.5 Å². The predicted octanol–water partition coefficient (Wildman–Crippen LogP) is 4.04. The molecule has 0 atom stereocenters. The van der Waals surface area contributed by atoms with Crippen molar-refractivity contribution in [3.63, 3.8) is 0 Å². The van der Waals surface area contributed by atoms with Gasteiger partial charge in [-0.15, -0.1) is 0 Å². The van der Waals surface area contributed by atoms with Crippen molar-refractivity contribution in [2.24, 2.45) is 0 Å². The second-order valence-electron chi connectivity index (χ2n) is 4.96. The lowest BCUT2D eigenvalue weighted by molar-refractivity contribution is 1.13. The first-order valence-electron chi connectivity index (χ1n) is 6.62. The summed E-state index contributed by atoms with van der Waals surface area (Å²) in [4.78, 5) is 6.70. The van der Waals surface area contributed by atoms with Gasteiger partial charge in [0.05, 0.1) is 5.52 Å². The Bertz CT molecular complexity index is 735. The highest BCUT2D eigenvalue weighted by molar-refractivity contribution is 5.80. The molecule has 0 saturated heterocycles. The molecule has 20 heavy (non-hydrogen) atoms. The number of rotatable bonds is 3. The minimum Gasteiger partial charge on any atom is -0.378 e. The van der Waals surface area contributed by atoms with Crippen LogP contribution >= 0.6 is 0 Å². The van der Waals surface area contributed by atoms with E-state index in [0.717, 1.165) is 28.1 Å². The van der Waals surface area contributed by atoms with Gasteiger partial charge in [-0.25, -0.2) is 4.98 Å². The highest BCUT2D eigenvalue weighted by Crippen LogP contribution is 2.22. The molecule has 0 amide bonds. The third kappa shape index (κ3) is 2.57. The summed E-state index contributed by atoms with van der Waals surface area (Å²) < 4.78 is 0. The zero-order chi connectivity index (χ0) is 13.9. The molecule has 0 aliphatic carbocycles. The molecule has 0 bridgehead atoms. The summed E-state index contributed by atoms with van der Waals surface area (Å²) >= 11 is 0. The van der Waals surface area contributed by atoms with Gasteiger partial charge in [-0.2, -0.15) is 0 Å². The minimum atomic E-state index is 0.861. The van der Waals surface area contributed by atoms with Crippen molar-refractivity contribution in [2.45, 2.75) is 0 Å². The minimum absolute atomic E-state index is 0.861. The Hall–Kier alpha value is -2.55. The number of hydrogen-bond donors (Lipinski definition) is 1. The van der Waals surface area contributed by atoms with Crippen LogP contribution in [0.15, 0.2) is 60.7 Å². The maximum absolute atomic E-state index is 4.62. The summed E-state index contributed by atoms with van der Waals surface area (Å²) in [7, 11) is 4.07. The molecule has 3 rings (SSSR count). The molecule has 0 radical (unpaired) electrons. The zero-order valence-corrected chi connectivity index (χ0v) is 11.7. The lowest BCUT2D eigenvalue weighted by Gasteiger charge is -2.14. The van der Waals surface area contributed by atoms with Crippen LogP contribution < -0.4 is 10.2 Å². The predicted molar refractivity (Wildman–Crippen MR) is 85.8 cm³/mol. The van der Waals surface area contributed by atoms with Crippen LogP contribution in [0, 0.1) is 0 Å². The second-order valence-corrected chi connectivity index (χ2v) is 4.96. The normalized spacial score (nSPS) is 10.5. The van der Waals surface area contributed by atoms with Gasteiger partial charge < -0.3 is 10.2 Å². The van der Waals surface area contributed by atoms with E-state index in [1.165, 1.54) is 0 Å². The zero-order valence-electron chi connectivity index (χ0n) is 11.7. The molecule has 0 aliphatic heterocycles. The van der Waals surface area contributed by atoms with Gasteiger partial charge in [0, 0.05) is 30.9 Å². The number of nitrogens with zero attached hydrogens (tertiary/aromatic N) is 2. The fourth-order valence-electron chi connectivity index (χ4n) is 2.15. The summed E-state index contributed by atoms with van der Waals surface area (Å²) in [6, 6.07) is 20.5. The third-order valence-corrected chi connectivity index (χ3v) is 3.23. The number of nitrogens with one attached hydrogen (secondary N) is 1.